The van der Waals surface area contributed by atoms with E-state index in [-0.39, 0.29) is 29.9 Å². The summed E-state index contributed by atoms with van der Waals surface area (Å²) >= 11 is 0. The van der Waals surface area contributed by atoms with Crippen molar-refractivity contribution >= 4 is 27.8 Å². The normalized spacial score (nSPS) is 12.2. The van der Waals surface area contributed by atoms with E-state index in [9.17, 15) is 2.74 Å². The Labute approximate surface area is 282 Å². The van der Waals surface area contributed by atoms with E-state index in [2.05, 4.69) is 60.7 Å². The van der Waals surface area contributed by atoms with Crippen LogP contribution in [0.5, 0.6) is 0 Å². The highest BCUT2D eigenvalue weighted by molar-refractivity contribution is 5.97. The summed E-state index contributed by atoms with van der Waals surface area (Å²) in [7, 11) is 0. The van der Waals surface area contributed by atoms with Gasteiger partial charge in [-0.05, 0) is 97.7 Å². The molecule has 222 valence electrons. The van der Waals surface area contributed by atoms with Gasteiger partial charge in [-0.25, -0.2) is 0 Å². The molecule has 0 saturated carbocycles. The third-order valence-corrected chi connectivity index (χ3v) is 8.56. The van der Waals surface area contributed by atoms with Gasteiger partial charge < -0.3 is 4.90 Å². The first-order chi connectivity index (χ1) is 25.0. The van der Waals surface area contributed by atoms with Crippen molar-refractivity contribution in [2.75, 3.05) is 4.90 Å². The molecule has 0 unspecified atom stereocenters. The molecule has 0 aliphatic rings. The summed E-state index contributed by atoms with van der Waals surface area (Å²) in [5, 5.41) is 1.88. The highest BCUT2D eigenvalue weighted by Gasteiger charge is 2.15. The summed E-state index contributed by atoms with van der Waals surface area (Å²) in [5.41, 5.74) is 9.31. The predicted octanol–water partition coefficient (Wildman–Crippen LogP) is 13.0. The van der Waals surface area contributed by atoms with Crippen molar-refractivity contribution in [3.05, 3.63) is 200 Å². The average molecular weight is 604 g/mol. The minimum absolute atomic E-state index is 0.0316. The number of hydrogen-bond donors (Lipinski definition) is 0. The Morgan fingerprint density at radius 3 is 1.51 bits per heavy atom. The van der Waals surface area contributed by atoms with Crippen LogP contribution >= 0.6 is 0 Å². The molecule has 0 heterocycles. The van der Waals surface area contributed by atoms with Gasteiger partial charge in [0.15, 0.2) is 0 Å². The van der Waals surface area contributed by atoms with Crippen molar-refractivity contribution in [2.24, 2.45) is 0 Å². The molecule has 0 fully saturated rings. The van der Waals surface area contributed by atoms with Crippen LogP contribution in [0.4, 0.5) is 17.1 Å². The lowest BCUT2D eigenvalue weighted by atomic mass is 9.97. The Kier molecular flexibility index (Phi) is 6.50. The zero-order valence-electron chi connectivity index (χ0n) is 29.7. The molecule has 0 amide bonds. The molecular weight excluding hydrogens is 567 g/mol. The van der Waals surface area contributed by atoms with E-state index in [0.717, 1.165) is 55.5 Å². The second-order valence-corrected chi connectivity index (χ2v) is 11.5. The van der Waals surface area contributed by atoms with Crippen molar-refractivity contribution in [3.63, 3.8) is 0 Å². The highest BCUT2D eigenvalue weighted by Crippen LogP contribution is 2.39. The molecule has 1 nitrogen and oxygen atoms in total. The fourth-order valence-corrected chi connectivity index (χ4v) is 6.18. The Bertz CT molecular complexity index is 2490. The van der Waals surface area contributed by atoms with Gasteiger partial charge in [0.1, 0.15) is 0 Å². The van der Waals surface area contributed by atoms with Gasteiger partial charge in [-0.2, -0.15) is 0 Å². The van der Waals surface area contributed by atoms with E-state index in [1.807, 2.05) is 120 Å². The molecule has 0 radical (unpaired) electrons. The van der Waals surface area contributed by atoms with Gasteiger partial charge in [0.25, 0.3) is 0 Å². The zero-order chi connectivity index (χ0) is 34.9. The van der Waals surface area contributed by atoms with Crippen LogP contribution in [0.3, 0.4) is 0 Å². The van der Waals surface area contributed by atoms with Crippen LogP contribution in [-0.4, -0.2) is 0 Å². The maximum absolute atomic E-state index is 9.66. The van der Waals surface area contributed by atoms with Crippen LogP contribution in [0, 0.1) is 0 Å². The molecule has 1 heteroatoms. The molecule has 8 aromatic carbocycles. The molecule has 0 N–H and O–H groups in total. The van der Waals surface area contributed by atoms with Gasteiger partial charge in [-0.3, -0.25) is 0 Å². The number of nitrogens with zero attached hydrogens (tertiary/aromatic N) is 1. The molecule has 0 saturated heterocycles. The van der Waals surface area contributed by atoms with E-state index < -0.39 is 0 Å². The second kappa shape index (κ2) is 12.7. The largest absolute Gasteiger partial charge is 0.310 e. The molecule has 0 aliphatic carbocycles. The van der Waals surface area contributed by atoms with Crippen molar-refractivity contribution in [2.45, 2.75) is 0 Å². The lowest BCUT2D eigenvalue weighted by Crippen LogP contribution is -2.10. The standard InChI is InChI=1S/C46H33N/c1-3-12-34(13-4-1)36-24-28-42(29-25-36)47(44-21-10-20-41(33-44)46-23-11-17-38-16-7-8-22-45(38)46)43-30-26-37(27-31-43)40-19-9-18-39(32-40)35-14-5-2-6-15-35/h1-33H/i10D,20D,21D,33D. The summed E-state index contributed by atoms with van der Waals surface area (Å²) in [6.45, 7) is 0. The molecule has 47 heavy (non-hydrogen) atoms. The average Bonchev–Trinajstić information content (AvgIpc) is 3.20. The molecule has 0 spiro atoms. The van der Waals surface area contributed by atoms with Crippen molar-refractivity contribution in [3.8, 4) is 44.5 Å². The van der Waals surface area contributed by atoms with Crippen LogP contribution < -0.4 is 4.90 Å². The summed E-state index contributed by atoms with van der Waals surface area (Å²) in [6, 6.07) is 58.4. The summed E-state index contributed by atoms with van der Waals surface area (Å²) in [6.07, 6.45) is 0. The molecule has 0 atom stereocenters. The summed E-state index contributed by atoms with van der Waals surface area (Å²) < 4.78 is 36.9. The minimum atomic E-state index is -0.218. The first-order valence-corrected chi connectivity index (χ1v) is 15.8. The van der Waals surface area contributed by atoms with Crippen molar-refractivity contribution in [1.82, 2.24) is 0 Å². The fraction of sp³-hybridized carbons (Fsp3) is 0. The maximum atomic E-state index is 9.66. The van der Waals surface area contributed by atoms with Gasteiger partial charge in [0, 0.05) is 17.1 Å². The van der Waals surface area contributed by atoms with Gasteiger partial charge >= 0.3 is 0 Å². The lowest BCUT2D eigenvalue weighted by Gasteiger charge is -2.26. The van der Waals surface area contributed by atoms with Crippen molar-refractivity contribution in [1.29, 1.82) is 0 Å². The predicted molar refractivity (Wildman–Crippen MR) is 200 cm³/mol. The second-order valence-electron chi connectivity index (χ2n) is 11.5. The molecular formula is C46H33N. The Hall–Kier alpha value is -6.18. The molecule has 8 aromatic rings. The molecule has 0 aromatic heterocycles. The SMILES string of the molecule is [2H]c1c([2H])c(-c2cccc3ccccc23)c([2H])c(N(c2ccc(-c3ccccc3)cc2)c2ccc(-c3cccc(-c4ccccc4)c3)cc2)c1[2H]. The van der Waals surface area contributed by atoms with E-state index in [0.29, 0.717) is 11.1 Å². The third-order valence-electron chi connectivity index (χ3n) is 8.56. The maximum Gasteiger partial charge on any atom is 0.0651 e. The van der Waals surface area contributed by atoms with Crippen LogP contribution in [0.1, 0.15) is 5.48 Å². The van der Waals surface area contributed by atoms with E-state index in [4.69, 9.17) is 2.74 Å². The van der Waals surface area contributed by atoms with Gasteiger partial charge in [-0.1, -0.05) is 158 Å². The monoisotopic (exact) mass is 603 g/mol. The molecule has 0 bridgehead atoms. The van der Waals surface area contributed by atoms with Crippen molar-refractivity contribution < 1.29 is 5.48 Å². The first-order valence-electron chi connectivity index (χ1n) is 17.8. The van der Waals surface area contributed by atoms with Crippen LogP contribution in [0.15, 0.2) is 200 Å². The van der Waals surface area contributed by atoms with Gasteiger partial charge in [0.05, 0.1) is 5.48 Å². The minimum Gasteiger partial charge on any atom is -0.310 e. The smallest absolute Gasteiger partial charge is 0.0651 e. The van der Waals surface area contributed by atoms with Crippen LogP contribution in [0.2, 0.25) is 0 Å². The summed E-state index contributed by atoms with van der Waals surface area (Å²) in [4.78, 5) is 1.88. The Morgan fingerprint density at radius 2 is 0.851 bits per heavy atom. The number of hydrogen-bond acceptors (Lipinski definition) is 1. The zero-order valence-corrected chi connectivity index (χ0v) is 25.7. The number of benzene rings is 8. The van der Waals surface area contributed by atoms with E-state index in [1.54, 1.807) is 0 Å². The van der Waals surface area contributed by atoms with Gasteiger partial charge in [0.2, 0.25) is 0 Å². The number of fused-ring (bicyclic) bond motifs is 1. The van der Waals surface area contributed by atoms with E-state index >= 15 is 0 Å². The molecule has 8 rings (SSSR count). The third kappa shape index (κ3) is 5.83. The van der Waals surface area contributed by atoms with Crippen LogP contribution in [0.25, 0.3) is 55.3 Å². The first kappa shape index (κ1) is 24.1. The quantitative estimate of drug-likeness (QED) is 0.175. The Morgan fingerprint density at radius 1 is 0.362 bits per heavy atom. The highest BCUT2D eigenvalue weighted by atomic mass is 15.1. The Balaban J connectivity index is 1.29. The van der Waals surface area contributed by atoms with E-state index in [1.165, 1.54) is 0 Å². The number of rotatable bonds is 7. The summed E-state index contributed by atoms with van der Waals surface area (Å²) in [5.74, 6) is 0. The molecule has 0 aliphatic heterocycles. The fourth-order valence-electron chi connectivity index (χ4n) is 6.18. The van der Waals surface area contributed by atoms with Gasteiger partial charge in [-0.15, -0.1) is 0 Å². The topological polar surface area (TPSA) is 3.24 Å². The lowest BCUT2D eigenvalue weighted by molar-refractivity contribution is 1.28. The number of anilines is 3. The van der Waals surface area contributed by atoms with Crippen LogP contribution in [-0.2, 0) is 0 Å².